The third-order valence-corrected chi connectivity index (χ3v) is 4.94. The van der Waals surface area contributed by atoms with Crippen molar-refractivity contribution < 1.29 is 9.59 Å². The molecule has 0 radical (unpaired) electrons. The number of aryl methyl sites for hydroxylation is 2. The molecule has 1 N–H and O–H groups in total. The maximum absolute atomic E-state index is 12.5. The Balaban J connectivity index is 2.16. The van der Waals surface area contributed by atoms with Crippen LogP contribution in [0.25, 0.3) is 0 Å². The van der Waals surface area contributed by atoms with Gasteiger partial charge in [-0.2, -0.15) is 16.9 Å². The molecular formula is C15H22N4O3S. The molecule has 1 aliphatic rings. The number of hydrogen-bond donors (Lipinski definition) is 1. The van der Waals surface area contributed by atoms with Crippen molar-refractivity contribution in [1.82, 2.24) is 20.0 Å². The lowest BCUT2D eigenvalue weighted by Gasteiger charge is -2.29. The van der Waals surface area contributed by atoms with E-state index in [9.17, 15) is 14.4 Å². The molecule has 1 atom stereocenters. The summed E-state index contributed by atoms with van der Waals surface area (Å²) in [7, 11) is 1.51. The van der Waals surface area contributed by atoms with Crippen LogP contribution >= 0.6 is 11.8 Å². The Labute approximate surface area is 139 Å². The highest BCUT2D eigenvalue weighted by atomic mass is 32.2. The molecule has 0 aliphatic carbocycles. The monoisotopic (exact) mass is 338 g/mol. The molecule has 2 amide bonds. The second kappa shape index (κ2) is 7.16. The topological polar surface area (TPSA) is 84.3 Å². The Kier molecular flexibility index (Phi) is 5.46. The molecule has 1 aromatic rings. The molecule has 2 heterocycles. The SMILES string of the molecule is Cc1nn(C)c(=O)c(C(=O)N[C@@H](C)C(=O)N2CCSCC2)c1C. The van der Waals surface area contributed by atoms with Crippen molar-refractivity contribution in [3.05, 3.63) is 27.2 Å². The van der Waals surface area contributed by atoms with E-state index in [0.29, 0.717) is 24.3 Å². The van der Waals surface area contributed by atoms with Gasteiger partial charge < -0.3 is 10.2 Å². The van der Waals surface area contributed by atoms with Crippen LogP contribution in [0.3, 0.4) is 0 Å². The third-order valence-electron chi connectivity index (χ3n) is 3.99. The zero-order valence-corrected chi connectivity index (χ0v) is 14.7. The zero-order valence-electron chi connectivity index (χ0n) is 13.9. The summed E-state index contributed by atoms with van der Waals surface area (Å²) in [6, 6.07) is -0.664. The first-order valence-corrected chi connectivity index (χ1v) is 8.70. The van der Waals surface area contributed by atoms with E-state index in [1.165, 1.54) is 7.05 Å². The Morgan fingerprint density at radius 1 is 1.26 bits per heavy atom. The quantitative estimate of drug-likeness (QED) is 0.844. The second-order valence-electron chi connectivity index (χ2n) is 5.65. The zero-order chi connectivity index (χ0) is 17.1. The maximum atomic E-state index is 12.5. The predicted octanol–water partition coefficient (Wildman–Crippen LogP) is 0.0908. The van der Waals surface area contributed by atoms with Gasteiger partial charge in [-0.15, -0.1) is 0 Å². The van der Waals surface area contributed by atoms with Crippen LogP contribution in [-0.2, 0) is 11.8 Å². The number of hydrogen-bond acceptors (Lipinski definition) is 5. The van der Waals surface area contributed by atoms with Gasteiger partial charge >= 0.3 is 0 Å². The Morgan fingerprint density at radius 2 is 1.87 bits per heavy atom. The molecule has 0 unspecified atom stereocenters. The van der Waals surface area contributed by atoms with E-state index in [4.69, 9.17) is 0 Å². The van der Waals surface area contributed by atoms with Gasteiger partial charge in [0.2, 0.25) is 5.91 Å². The minimum atomic E-state index is -0.664. The number of thioether (sulfide) groups is 1. The number of nitrogens with zero attached hydrogens (tertiary/aromatic N) is 3. The van der Waals surface area contributed by atoms with Crippen molar-refractivity contribution in [2.75, 3.05) is 24.6 Å². The lowest BCUT2D eigenvalue weighted by Crippen LogP contribution is -2.50. The van der Waals surface area contributed by atoms with Gasteiger partial charge in [-0.05, 0) is 26.3 Å². The molecule has 8 heteroatoms. The molecule has 23 heavy (non-hydrogen) atoms. The van der Waals surface area contributed by atoms with Crippen LogP contribution in [0.1, 0.15) is 28.5 Å². The van der Waals surface area contributed by atoms with Crippen LogP contribution in [0.15, 0.2) is 4.79 Å². The first-order chi connectivity index (χ1) is 10.8. The van der Waals surface area contributed by atoms with E-state index in [0.717, 1.165) is 16.2 Å². The van der Waals surface area contributed by atoms with Crippen molar-refractivity contribution >= 4 is 23.6 Å². The number of carbonyl (C=O) groups excluding carboxylic acids is 2. The minimum Gasteiger partial charge on any atom is -0.340 e. The van der Waals surface area contributed by atoms with Crippen molar-refractivity contribution in [3.8, 4) is 0 Å². The highest BCUT2D eigenvalue weighted by Gasteiger charge is 2.26. The van der Waals surface area contributed by atoms with Crippen LogP contribution < -0.4 is 10.9 Å². The number of amides is 2. The van der Waals surface area contributed by atoms with Gasteiger partial charge in [0.05, 0.1) is 5.69 Å². The molecule has 1 aromatic heterocycles. The smallest absolute Gasteiger partial charge is 0.279 e. The lowest BCUT2D eigenvalue weighted by atomic mass is 10.1. The largest absolute Gasteiger partial charge is 0.340 e. The summed E-state index contributed by atoms with van der Waals surface area (Å²) in [5, 5.41) is 6.70. The summed E-state index contributed by atoms with van der Waals surface area (Å²) in [4.78, 5) is 38.8. The Morgan fingerprint density at radius 3 is 2.48 bits per heavy atom. The van der Waals surface area contributed by atoms with E-state index in [2.05, 4.69) is 10.4 Å². The number of nitrogens with one attached hydrogen (secondary N) is 1. The predicted molar refractivity (Wildman–Crippen MR) is 89.8 cm³/mol. The minimum absolute atomic E-state index is 0.0499. The molecule has 0 spiro atoms. The summed E-state index contributed by atoms with van der Waals surface area (Å²) < 4.78 is 1.14. The molecule has 2 rings (SSSR count). The van der Waals surface area contributed by atoms with Gasteiger partial charge in [-0.3, -0.25) is 14.4 Å². The van der Waals surface area contributed by atoms with Gasteiger partial charge in [0.25, 0.3) is 11.5 Å². The van der Waals surface area contributed by atoms with Crippen LogP contribution in [0.2, 0.25) is 0 Å². The molecule has 0 aromatic carbocycles. The summed E-state index contributed by atoms with van der Waals surface area (Å²) in [5.41, 5.74) is 0.748. The normalized spacial score (nSPS) is 16.1. The van der Waals surface area contributed by atoms with Crippen LogP contribution in [0.4, 0.5) is 0 Å². The fourth-order valence-electron chi connectivity index (χ4n) is 2.50. The van der Waals surface area contributed by atoms with Crippen molar-refractivity contribution in [1.29, 1.82) is 0 Å². The second-order valence-corrected chi connectivity index (χ2v) is 6.87. The van der Waals surface area contributed by atoms with E-state index in [-0.39, 0.29) is 11.5 Å². The number of aromatic nitrogens is 2. The molecule has 1 aliphatic heterocycles. The molecule has 1 saturated heterocycles. The van der Waals surface area contributed by atoms with Gasteiger partial charge in [0.15, 0.2) is 0 Å². The molecule has 126 valence electrons. The van der Waals surface area contributed by atoms with Gasteiger partial charge in [0, 0.05) is 31.6 Å². The summed E-state index contributed by atoms with van der Waals surface area (Å²) >= 11 is 1.81. The van der Waals surface area contributed by atoms with Gasteiger partial charge in [0.1, 0.15) is 11.6 Å². The van der Waals surface area contributed by atoms with Crippen LogP contribution in [-0.4, -0.2) is 57.1 Å². The fourth-order valence-corrected chi connectivity index (χ4v) is 3.41. The Bertz CT molecular complexity index is 680. The molecular weight excluding hydrogens is 316 g/mol. The van der Waals surface area contributed by atoms with E-state index in [1.807, 2.05) is 11.8 Å². The lowest BCUT2D eigenvalue weighted by molar-refractivity contribution is -0.132. The van der Waals surface area contributed by atoms with Crippen LogP contribution in [0.5, 0.6) is 0 Å². The van der Waals surface area contributed by atoms with Crippen molar-refractivity contribution in [2.45, 2.75) is 26.8 Å². The standard InChI is InChI=1S/C15H22N4O3S/c1-9-10(2)17-18(4)15(22)12(9)13(20)16-11(3)14(21)19-5-7-23-8-6-19/h11H,5-8H2,1-4H3,(H,16,20)/t11-/m0/s1. The first kappa shape index (κ1) is 17.5. The average Bonchev–Trinajstić information content (AvgIpc) is 2.53. The van der Waals surface area contributed by atoms with E-state index >= 15 is 0 Å². The van der Waals surface area contributed by atoms with Crippen molar-refractivity contribution in [2.24, 2.45) is 7.05 Å². The number of carbonyl (C=O) groups is 2. The fraction of sp³-hybridized carbons (Fsp3) is 0.600. The van der Waals surface area contributed by atoms with Crippen molar-refractivity contribution in [3.63, 3.8) is 0 Å². The molecule has 1 fully saturated rings. The Hall–Kier alpha value is -1.83. The summed E-state index contributed by atoms with van der Waals surface area (Å²) in [6.07, 6.45) is 0. The number of rotatable bonds is 3. The third kappa shape index (κ3) is 3.74. The summed E-state index contributed by atoms with van der Waals surface area (Å²) in [6.45, 7) is 6.46. The van der Waals surface area contributed by atoms with E-state index in [1.54, 1.807) is 25.7 Å². The summed E-state index contributed by atoms with van der Waals surface area (Å²) in [5.74, 6) is 1.19. The molecule has 0 saturated carbocycles. The van der Waals surface area contributed by atoms with E-state index < -0.39 is 17.5 Å². The highest BCUT2D eigenvalue weighted by molar-refractivity contribution is 7.99. The van der Waals surface area contributed by atoms with Crippen LogP contribution in [0, 0.1) is 13.8 Å². The molecule has 0 bridgehead atoms. The maximum Gasteiger partial charge on any atom is 0.279 e. The highest BCUT2D eigenvalue weighted by Crippen LogP contribution is 2.11. The first-order valence-electron chi connectivity index (χ1n) is 7.54. The average molecular weight is 338 g/mol. The molecule has 7 nitrogen and oxygen atoms in total. The van der Waals surface area contributed by atoms with Gasteiger partial charge in [-0.1, -0.05) is 0 Å². The van der Waals surface area contributed by atoms with Gasteiger partial charge in [-0.25, -0.2) is 4.68 Å².